The maximum absolute atomic E-state index is 13.0. The summed E-state index contributed by atoms with van der Waals surface area (Å²) in [5, 5.41) is 11.8. The molecule has 5 N–H and O–H groups in total. The van der Waals surface area contributed by atoms with E-state index < -0.39 is 0 Å². The molecule has 3 aliphatic heterocycles. The number of hydrogen-bond donors (Lipinski definition) is 5. The summed E-state index contributed by atoms with van der Waals surface area (Å²) in [4.78, 5) is 15.3. The zero-order valence-corrected chi connectivity index (χ0v) is 24.2. The van der Waals surface area contributed by atoms with Crippen LogP contribution in [0.15, 0.2) is 48.2 Å². The smallest absolute Gasteiger partial charge is 0.251 e. The summed E-state index contributed by atoms with van der Waals surface area (Å²) >= 11 is 0. The molecule has 12 nitrogen and oxygen atoms in total. The second-order valence-corrected chi connectivity index (χ2v) is 11.5. The van der Waals surface area contributed by atoms with Crippen molar-refractivity contribution in [2.75, 3.05) is 39.3 Å². The number of likely N-dealkylation sites (tertiary alicyclic amines) is 1. The third kappa shape index (κ3) is 6.08. The zero-order chi connectivity index (χ0) is 28.3. The summed E-state index contributed by atoms with van der Waals surface area (Å²) < 4.78 is 7.53. The van der Waals surface area contributed by atoms with Gasteiger partial charge < -0.3 is 15.0 Å². The fourth-order valence-corrected chi connectivity index (χ4v) is 6.06. The first-order valence-electron chi connectivity index (χ1n) is 14.7. The minimum Gasteiger partial charge on any atom is -0.494 e. The molecule has 0 radical (unpaired) electrons. The third-order valence-corrected chi connectivity index (χ3v) is 8.38. The molecule has 0 unspecified atom stereocenters. The lowest BCUT2D eigenvalue weighted by Gasteiger charge is -2.40. The zero-order valence-electron chi connectivity index (χ0n) is 24.2. The number of benzene rings is 1. The Hall–Kier alpha value is -3.90. The van der Waals surface area contributed by atoms with Crippen molar-refractivity contribution in [2.45, 2.75) is 57.0 Å². The molecule has 4 aliphatic rings. The van der Waals surface area contributed by atoms with Crippen LogP contribution in [0.25, 0.3) is 5.70 Å². The van der Waals surface area contributed by atoms with Crippen molar-refractivity contribution in [1.29, 1.82) is 0 Å². The summed E-state index contributed by atoms with van der Waals surface area (Å²) in [6.45, 7) is 2.56. The Balaban J connectivity index is 1.21. The van der Waals surface area contributed by atoms with E-state index in [9.17, 15) is 4.79 Å². The van der Waals surface area contributed by atoms with Gasteiger partial charge >= 0.3 is 0 Å². The second-order valence-electron chi connectivity index (χ2n) is 11.5. The lowest BCUT2D eigenvalue weighted by Crippen LogP contribution is -2.52. The second kappa shape index (κ2) is 11.9. The van der Waals surface area contributed by atoms with Gasteiger partial charge in [0.05, 0.1) is 36.6 Å². The molecule has 1 saturated carbocycles. The van der Waals surface area contributed by atoms with Crippen molar-refractivity contribution in [2.24, 2.45) is 7.05 Å². The van der Waals surface area contributed by atoms with Crippen LogP contribution in [0.5, 0.6) is 5.75 Å². The molecular weight excluding hydrogens is 520 g/mol. The van der Waals surface area contributed by atoms with E-state index in [4.69, 9.17) is 4.74 Å². The van der Waals surface area contributed by atoms with Gasteiger partial charge in [-0.3, -0.25) is 35.8 Å². The molecule has 12 heteroatoms. The Kier molecular flexibility index (Phi) is 7.93. The number of carbonyl (C=O) groups excluding carboxylic acids is 1. The molecule has 0 atom stereocenters. The van der Waals surface area contributed by atoms with Gasteiger partial charge in [0.1, 0.15) is 18.1 Å². The molecular formula is C29H42N10O2. The molecule has 0 spiro atoms. The molecule has 1 aliphatic carbocycles. The molecule has 2 aromatic rings. The van der Waals surface area contributed by atoms with Crippen LogP contribution in [0.3, 0.4) is 0 Å². The Morgan fingerprint density at radius 1 is 1.05 bits per heavy atom. The number of rotatable bonds is 8. The SMILES string of the molecule is COc1cc(C(=O)NC2CCN(C)CC2)ccc1NN1C=C2NNC(c3cnn(C)c3)=C2N(NC2CCCCC2)C1. The number of methoxy groups -OCH3 is 1. The number of nitrogens with one attached hydrogen (secondary N) is 5. The minimum atomic E-state index is -0.0636. The number of hydrogen-bond acceptors (Lipinski definition) is 10. The average Bonchev–Trinajstić information content (AvgIpc) is 3.61. The molecule has 1 aromatic heterocycles. The molecule has 4 heterocycles. The van der Waals surface area contributed by atoms with Gasteiger partial charge in [0.2, 0.25) is 0 Å². The fraction of sp³-hybridized carbons (Fsp3) is 0.517. The lowest BCUT2D eigenvalue weighted by atomic mass is 9.96. The molecule has 0 bridgehead atoms. The number of amides is 1. The number of anilines is 1. The van der Waals surface area contributed by atoms with Crippen LogP contribution < -0.4 is 31.8 Å². The lowest BCUT2D eigenvalue weighted by molar-refractivity contribution is 0.0916. The first-order chi connectivity index (χ1) is 20.0. The van der Waals surface area contributed by atoms with E-state index in [1.807, 2.05) is 53.5 Å². The quantitative estimate of drug-likeness (QED) is 0.329. The van der Waals surface area contributed by atoms with E-state index in [0.29, 0.717) is 24.0 Å². The molecule has 220 valence electrons. The van der Waals surface area contributed by atoms with Gasteiger partial charge in [-0.1, -0.05) is 19.3 Å². The van der Waals surface area contributed by atoms with Crippen LogP contribution in [0.4, 0.5) is 5.69 Å². The number of fused-ring (bicyclic) bond motifs is 1. The largest absolute Gasteiger partial charge is 0.494 e. The van der Waals surface area contributed by atoms with Crippen LogP contribution in [0, 0.1) is 0 Å². The summed E-state index contributed by atoms with van der Waals surface area (Å²) in [5.74, 6) is 0.549. The molecule has 1 amide bonds. The van der Waals surface area contributed by atoms with Crippen molar-refractivity contribution in [1.82, 2.24) is 46.3 Å². The van der Waals surface area contributed by atoms with Gasteiger partial charge in [0, 0.05) is 36.5 Å². The molecule has 41 heavy (non-hydrogen) atoms. The third-order valence-electron chi connectivity index (χ3n) is 8.38. The highest BCUT2D eigenvalue weighted by atomic mass is 16.5. The van der Waals surface area contributed by atoms with Crippen molar-refractivity contribution >= 4 is 17.3 Å². The first kappa shape index (κ1) is 27.3. The predicted octanol–water partition coefficient (Wildman–Crippen LogP) is 2.31. The Bertz CT molecular complexity index is 1310. The summed E-state index contributed by atoms with van der Waals surface area (Å²) in [6, 6.07) is 6.20. The van der Waals surface area contributed by atoms with Gasteiger partial charge in [-0.2, -0.15) is 5.10 Å². The van der Waals surface area contributed by atoms with Gasteiger partial charge in [-0.15, -0.1) is 0 Å². The van der Waals surface area contributed by atoms with Crippen LogP contribution >= 0.6 is 0 Å². The highest BCUT2D eigenvalue weighted by Gasteiger charge is 2.33. The predicted molar refractivity (Wildman–Crippen MR) is 158 cm³/mol. The molecule has 1 saturated heterocycles. The van der Waals surface area contributed by atoms with Gasteiger partial charge in [0.15, 0.2) is 0 Å². The van der Waals surface area contributed by atoms with Gasteiger partial charge in [-0.05, 0) is 64.0 Å². The molecule has 1 aromatic carbocycles. The van der Waals surface area contributed by atoms with Crippen LogP contribution in [0.1, 0.15) is 60.9 Å². The number of piperidine rings is 1. The van der Waals surface area contributed by atoms with E-state index in [1.165, 1.54) is 19.3 Å². The van der Waals surface area contributed by atoms with Gasteiger partial charge in [-0.25, -0.2) is 5.43 Å². The van der Waals surface area contributed by atoms with Crippen LogP contribution in [-0.4, -0.2) is 76.6 Å². The summed E-state index contributed by atoms with van der Waals surface area (Å²) in [5.41, 5.74) is 19.4. The van der Waals surface area contributed by atoms with Crippen molar-refractivity contribution in [3.05, 3.63) is 59.3 Å². The van der Waals surface area contributed by atoms with E-state index in [1.54, 1.807) is 7.11 Å². The van der Waals surface area contributed by atoms with E-state index in [-0.39, 0.29) is 11.9 Å². The Labute approximate surface area is 241 Å². The molecule has 6 rings (SSSR count). The number of nitrogens with zero attached hydrogens (tertiary/aromatic N) is 5. The average molecular weight is 563 g/mol. The van der Waals surface area contributed by atoms with Crippen LogP contribution in [0.2, 0.25) is 0 Å². The number of aromatic nitrogens is 2. The Morgan fingerprint density at radius 2 is 1.85 bits per heavy atom. The molecule has 2 fully saturated rings. The number of carbonyl (C=O) groups is 1. The summed E-state index contributed by atoms with van der Waals surface area (Å²) in [6.07, 6.45) is 14.0. The highest BCUT2D eigenvalue weighted by Crippen LogP contribution is 2.33. The number of hydrazine groups is 3. The van der Waals surface area contributed by atoms with Crippen LogP contribution in [-0.2, 0) is 7.05 Å². The monoisotopic (exact) mass is 562 g/mol. The number of aryl methyl sites for hydroxylation is 1. The van der Waals surface area contributed by atoms with Gasteiger partial charge in [0.25, 0.3) is 5.91 Å². The highest BCUT2D eigenvalue weighted by molar-refractivity contribution is 5.95. The van der Waals surface area contributed by atoms with Crippen molar-refractivity contribution in [3.8, 4) is 5.75 Å². The van der Waals surface area contributed by atoms with Crippen molar-refractivity contribution < 1.29 is 9.53 Å². The maximum atomic E-state index is 13.0. The van der Waals surface area contributed by atoms with E-state index >= 15 is 0 Å². The topological polar surface area (TPSA) is 114 Å². The van der Waals surface area contributed by atoms with E-state index in [2.05, 4.69) is 49.1 Å². The maximum Gasteiger partial charge on any atom is 0.251 e. The first-order valence-corrected chi connectivity index (χ1v) is 14.7. The fourth-order valence-electron chi connectivity index (χ4n) is 6.06. The Morgan fingerprint density at radius 3 is 2.59 bits per heavy atom. The summed E-state index contributed by atoms with van der Waals surface area (Å²) in [7, 11) is 5.68. The minimum absolute atomic E-state index is 0.0636. The standard InChI is InChI=1S/C29H42N10O2/c1-36-13-11-22(12-14-36)31-29(40)20-9-10-24(26(15-20)41-3)35-38-18-25-28(27(33-32-25)21-16-30-37(2)17-21)39(19-38)34-23-7-5-4-6-8-23/h9-10,15-18,22-23,32-35H,4-8,11-14,19H2,1-3H3,(H,31,40). The van der Waals surface area contributed by atoms with E-state index in [0.717, 1.165) is 67.1 Å². The normalized spacial score (nSPS) is 20.3. The number of ether oxygens (including phenoxy) is 1. The van der Waals surface area contributed by atoms with Crippen molar-refractivity contribution in [3.63, 3.8) is 0 Å².